The highest BCUT2D eigenvalue weighted by atomic mass is 35.5. The molecule has 1 aromatic carbocycles. The number of benzene rings is 1. The molecule has 0 saturated carbocycles. The Kier molecular flexibility index (Phi) is 5.06. The van der Waals surface area contributed by atoms with Crippen molar-refractivity contribution in [1.82, 2.24) is 19.6 Å². The van der Waals surface area contributed by atoms with E-state index in [0.717, 1.165) is 5.56 Å². The van der Waals surface area contributed by atoms with E-state index in [1.165, 1.54) is 23.0 Å². The van der Waals surface area contributed by atoms with E-state index in [4.69, 9.17) is 23.2 Å². The van der Waals surface area contributed by atoms with E-state index in [2.05, 4.69) is 15.5 Å². The molecular weight excluding hydrogens is 368 g/mol. The third kappa shape index (κ3) is 3.83. The Morgan fingerprint density at radius 1 is 1.24 bits per heavy atom. The second-order valence-corrected chi connectivity index (χ2v) is 6.08. The zero-order chi connectivity index (χ0) is 18.0. The second kappa shape index (κ2) is 7.25. The van der Waals surface area contributed by atoms with Crippen LogP contribution in [-0.2, 0) is 13.1 Å². The fraction of sp³-hybridized carbons (Fsp3) is 0.188. The molecule has 2 heterocycles. The number of carbonyl (C=O) groups excluding carboxylic acids is 1. The lowest BCUT2D eigenvalue weighted by molar-refractivity contribution is 0.101. The molecule has 130 valence electrons. The van der Waals surface area contributed by atoms with Gasteiger partial charge < -0.3 is 5.32 Å². The van der Waals surface area contributed by atoms with E-state index in [1.54, 1.807) is 23.0 Å². The predicted molar refractivity (Wildman–Crippen MR) is 93.6 cm³/mol. The number of hydrogen-bond donors (Lipinski definition) is 1. The minimum Gasteiger partial charge on any atom is -0.302 e. The predicted octanol–water partition coefficient (Wildman–Crippen LogP) is 3.85. The molecule has 0 aliphatic rings. The zero-order valence-electron chi connectivity index (χ0n) is 13.2. The lowest BCUT2D eigenvalue weighted by Gasteiger charge is -2.06. The molecule has 2 aromatic heterocycles. The van der Waals surface area contributed by atoms with Crippen molar-refractivity contribution < 1.29 is 9.18 Å². The van der Waals surface area contributed by atoms with Crippen molar-refractivity contribution in [3.63, 3.8) is 0 Å². The van der Waals surface area contributed by atoms with E-state index >= 15 is 0 Å². The Bertz CT molecular complexity index is 904. The van der Waals surface area contributed by atoms with Gasteiger partial charge in [-0.25, -0.2) is 4.39 Å². The molecule has 3 rings (SSSR count). The Morgan fingerprint density at radius 3 is 2.64 bits per heavy atom. The van der Waals surface area contributed by atoms with Gasteiger partial charge in [-0.05, 0) is 24.6 Å². The van der Waals surface area contributed by atoms with Crippen LogP contribution < -0.4 is 5.32 Å². The van der Waals surface area contributed by atoms with Gasteiger partial charge in [0.15, 0.2) is 5.82 Å². The van der Waals surface area contributed by atoms with Crippen LogP contribution in [-0.4, -0.2) is 25.5 Å². The Morgan fingerprint density at radius 2 is 1.96 bits per heavy atom. The molecule has 25 heavy (non-hydrogen) atoms. The number of nitrogens with zero attached hydrogens (tertiary/aromatic N) is 4. The first-order valence-electron chi connectivity index (χ1n) is 7.48. The van der Waals surface area contributed by atoms with Crippen LogP contribution in [0.2, 0.25) is 10.0 Å². The first-order valence-corrected chi connectivity index (χ1v) is 8.23. The Labute approximate surface area is 153 Å². The van der Waals surface area contributed by atoms with Gasteiger partial charge in [0.2, 0.25) is 0 Å². The number of aromatic nitrogens is 4. The Hall–Kier alpha value is -2.38. The molecule has 0 atom stereocenters. The molecule has 0 aliphatic carbocycles. The topological polar surface area (TPSA) is 64.7 Å². The number of aryl methyl sites for hydroxylation is 1. The minimum atomic E-state index is -0.446. The van der Waals surface area contributed by atoms with Crippen molar-refractivity contribution in [3.05, 3.63) is 63.8 Å². The summed E-state index contributed by atoms with van der Waals surface area (Å²) in [5.74, 6) is -0.536. The molecule has 0 fully saturated rings. The van der Waals surface area contributed by atoms with Crippen molar-refractivity contribution in [2.45, 2.75) is 20.0 Å². The molecule has 0 saturated heterocycles. The van der Waals surface area contributed by atoms with Crippen LogP contribution in [0.3, 0.4) is 0 Å². The summed E-state index contributed by atoms with van der Waals surface area (Å²) in [4.78, 5) is 12.4. The van der Waals surface area contributed by atoms with E-state index in [1.807, 2.05) is 6.92 Å². The molecule has 9 heteroatoms. The molecule has 1 N–H and O–H groups in total. The first kappa shape index (κ1) is 17.4. The van der Waals surface area contributed by atoms with E-state index < -0.39 is 5.91 Å². The smallest absolute Gasteiger partial charge is 0.276 e. The summed E-state index contributed by atoms with van der Waals surface area (Å²) in [6.07, 6.45) is 2.99. The van der Waals surface area contributed by atoms with Gasteiger partial charge in [-0.15, -0.1) is 0 Å². The minimum absolute atomic E-state index is 0.216. The maximum Gasteiger partial charge on any atom is 0.276 e. The molecular formula is C16H14Cl2FN5O. The van der Waals surface area contributed by atoms with Gasteiger partial charge >= 0.3 is 0 Å². The fourth-order valence-corrected chi connectivity index (χ4v) is 2.76. The number of rotatable bonds is 5. The van der Waals surface area contributed by atoms with E-state index in [0.29, 0.717) is 13.1 Å². The number of amides is 1. The van der Waals surface area contributed by atoms with Crippen LogP contribution in [0.25, 0.3) is 0 Å². The summed E-state index contributed by atoms with van der Waals surface area (Å²) in [6.45, 7) is 2.75. The van der Waals surface area contributed by atoms with Crippen LogP contribution in [0.1, 0.15) is 23.0 Å². The average molecular weight is 382 g/mol. The highest BCUT2D eigenvalue weighted by molar-refractivity contribution is 6.35. The van der Waals surface area contributed by atoms with Crippen molar-refractivity contribution in [2.75, 3.05) is 5.32 Å². The highest BCUT2D eigenvalue weighted by Crippen LogP contribution is 2.22. The molecule has 6 nitrogen and oxygen atoms in total. The number of hydrogen-bond acceptors (Lipinski definition) is 3. The van der Waals surface area contributed by atoms with E-state index in [9.17, 15) is 9.18 Å². The molecule has 3 aromatic rings. The average Bonchev–Trinajstić information content (AvgIpc) is 3.12. The SMILES string of the molecule is CCn1ncc(Cl)c1C(=O)Nc1nn(Cc2ccc(F)cc2)cc1Cl. The number of halogens is 3. The van der Waals surface area contributed by atoms with Crippen molar-refractivity contribution in [2.24, 2.45) is 0 Å². The third-order valence-corrected chi connectivity index (χ3v) is 4.07. The molecule has 0 unspecified atom stereocenters. The van der Waals surface area contributed by atoms with Gasteiger partial charge in [-0.3, -0.25) is 14.2 Å². The Balaban J connectivity index is 1.77. The van der Waals surface area contributed by atoms with Gasteiger partial charge in [-0.1, -0.05) is 35.3 Å². The van der Waals surface area contributed by atoms with Crippen LogP contribution in [0.5, 0.6) is 0 Å². The summed E-state index contributed by atoms with van der Waals surface area (Å²) in [5.41, 5.74) is 1.10. The fourth-order valence-electron chi connectivity index (χ4n) is 2.33. The van der Waals surface area contributed by atoms with Crippen LogP contribution in [0, 0.1) is 5.82 Å². The van der Waals surface area contributed by atoms with Crippen molar-refractivity contribution in [1.29, 1.82) is 0 Å². The normalized spacial score (nSPS) is 10.9. The summed E-state index contributed by atoms with van der Waals surface area (Å²) >= 11 is 12.2. The maximum absolute atomic E-state index is 13.0. The van der Waals surface area contributed by atoms with Crippen LogP contribution in [0.15, 0.2) is 36.7 Å². The van der Waals surface area contributed by atoms with Gasteiger partial charge in [0, 0.05) is 12.7 Å². The number of carbonyl (C=O) groups is 1. The first-order chi connectivity index (χ1) is 12.0. The quantitative estimate of drug-likeness (QED) is 0.729. The molecule has 0 aliphatic heterocycles. The lowest BCUT2D eigenvalue weighted by atomic mass is 10.2. The summed E-state index contributed by atoms with van der Waals surface area (Å²) in [5, 5.41) is 11.4. The summed E-state index contributed by atoms with van der Waals surface area (Å²) in [7, 11) is 0. The lowest BCUT2D eigenvalue weighted by Crippen LogP contribution is -2.18. The van der Waals surface area contributed by atoms with Crippen molar-refractivity contribution in [3.8, 4) is 0 Å². The number of nitrogens with one attached hydrogen (secondary N) is 1. The monoisotopic (exact) mass is 381 g/mol. The number of anilines is 1. The van der Waals surface area contributed by atoms with Gasteiger partial charge in [0.05, 0.1) is 17.8 Å². The standard InChI is InChI=1S/C16H14Cl2FN5O/c1-2-24-14(12(17)7-20-24)16(25)21-15-13(18)9-23(22-15)8-10-3-5-11(19)6-4-10/h3-7,9H,2,8H2,1H3,(H,21,22,25). The third-order valence-electron chi connectivity index (χ3n) is 3.52. The van der Waals surface area contributed by atoms with Crippen LogP contribution in [0.4, 0.5) is 10.2 Å². The second-order valence-electron chi connectivity index (χ2n) is 5.26. The molecule has 0 bridgehead atoms. The van der Waals surface area contributed by atoms with Gasteiger partial charge in [-0.2, -0.15) is 10.2 Å². The molecule has 0 spiro atoms. The maximum atomic E-state index is 13.0. The zero-order valence-corrected chi connectivity index (χ0v) is 14.7. The van der Waals surface area contributed by atoms with Gasteiger partial charge in [0.25, 0.3) is 5.91 Å². The largest absolute Gasteiger partial charge is 0.302 e. The van der Waals surface area contributed by atoms with Crippen LogP contribution >= 0.6 is 23.2 Å². The summed E-state index contributed by atoms with van der Waals surface area (Å²) in [6, 6.07) is 6.06. The highest BCUT2D eigenvalue weighted by Gasteiger charge is 2.19. The molecule has 1 amide bonds. The van der Waals surface area contributed by atoms with Crippen molar-refractivity contribution >= 4 is 34.9 Å². The van der Waals surface area contributed by atoms with Gasteiger partial charge in [0.1, 0.15) is 16.5 Å². The van der Waals surface area contributed by atoms with E-state index in [-0.39, 0.29) is 27.4 Å². The molecule has 0 radical (unpaired) electrons. The summed E-state index contributed by atoms with van der Waals surface area (Å²) < 4.78 is 16.0.